The fourth-order valence-electron chi connectivity index (χ4n) is 4.07. The van der Waals surface area contributed by atoms with Gasteiger partial charge in [-0.3, -0.25) is 4.79 Å². The third-order valence-electron chi connectivity index (χ3n) is 5.72. The second kappa shape index (κ2) is 6.62. The summed E-state index contributed by atoms with van der Waals surface area (Å²) in [5.41, 5.74) is 1.01. The Kier molecular flexibility index (Phi) is 4.32. The highest BCUT2D eigenvalue weighted by Gasteiger charge is 2.45. The quantitative estimate of drug-likeness (QED) is 0.911. The molecule has 0 saturated heterocycles. The van der Waals surface area contributed by atoms with E-state index in [4.69, 9.17) is 0 Å². The largest absolute Gasteiger partial charge is 0.346 e. The van der Waals surface area contributed by atoms with Crippen LogP contribution in [0.15, 0.2) is 30.3 Å². The van der Waals surface area contributed by atoms with Crippen LogP contribution in [0.3, 0.4) is 0 Å². The van der Waals surface area contributed by atoms with Crippen molar-refractivity contribution >= 4 is 5.91 Å². The van der Waals surface area contributed by atoms with Crippen LogP contribution in [0.2, 0.25) is 0 Å². The van der Waals surface area contributed by atoms with Gasteiger partial charge in [-0.25, -0.2) is 9.67 Å². The maximum Gasteiger partial charge on any atom is 0.227 e. The van der Waals surface area contributed by atoms with E-state index in [0.29, 0.717) is 0 Å². The lowest BCUT2D eigenvalue weighted by Crippen LogP contribution is -2.49. The molecule has 1 aromatic heterocycles. The number of nitrogens with zero attached hydrogens (tertiary/aromatic N) is 3. The van der Waals surface area contributed by atoms with Gasteiger partial charge in [-0.05, 0) is 37.7 Å². The van der Waals surface area contributed by atoms with Crippen molar-refractivity contribution in [3.05, 3.63) is 47.5 Å². The highest BCUT2D eigenvalue weighted by atomic mass is 16.2. The standard InChI is InChI=1S/C20H26N4O/c1-2-17-22-18-16(10-6-13-24(18)23-17)21-19(25)20(11-7-12-20)14-15-8-4-3-5-9-15/h3-5,8-9,16H,2,6-7,10-14H2,1H3,(H,21,25)/t16-/m0/s1. The number of amides is 1. The number of nitrogens with one attached hydrogen (secondary N) is 1. The van der Waals surface area contributed by atoms with Gasteiger partial charge in [-0.15, -0.1) is 0 Å². The summed E-state index contributed by atoms with van der Waals surface area (Å²) in [5, 5.41) is 7.86. The van der Waals surface area contributed by atoms with E-state index in [1.54, 1.807) is 0 Å². The molecule has 1 fully saturated rings. The molecule has 2 heterocycles. The monoisotopic (exact) mass is 338 g/mol. The molecule has 0 bridgehead atoms. The van der Waals surface area contributed by atoms with Gasteiger partial charge in [0.15, 0.2) is 5.82 Å². The van der Waals surface area contributed by atoms with Crippen LogP contribution in [0, 0.1) is 5.41 Å². The van der Waals surface area contributed by atoms with E-state index in [1.807, 2.05) is 10.7 Å². The molecule has 1 aliphatic heterocycles. The summed E-state index contributed by atoms with van der Waals surface area (Å²) in [4.78, 5) is 17.8. The van der Waals surface area contributed by atoms with Gasteiger partial charge in [0.25, 0.3) is 0 Å². The summed E-state index contributed by atoms with van der Waals surface area (Å²) < 4.78 is 1.98. The van der Waals surface area contributed by atoms with Crippen molar-refractivity contribution in [2.75, 3.05) is 0 Å². The minimum atomic E-state index is -0.239. The molecule has 0 unspecified atom stereocenters. The van der Waals surface area contributed by atoms with Gasteiger partial charge in [-0.2, -0.15) is 5.10 Å². The van der Waals surface area contributed by atoms with Crippen LogP contribution in [0.4, 0.5) is 0 Å². The Labute approximate surface area is 148 Å². The minimum Gasteiger partial charge on any atom is -0.346 e. The number of aryl methyl sites for hydroxylation is 2. The maximum absolute atomic E-state index is 13.1. The van der Waals surface area contributed by atoms with Crippen LogP contribution >= 0.6 is 0 Å². The normalized spacial score (nSPS) is 21.2. The van der Waals surface area contributed by atoms with Gasteiger partial charge in [0.2, 0.25) is 5.91 Å². The van der Waals surface area contributed by atoms with Crippen molar-refractivity contribution in [2.24, 2.45) is 5.41 Å². The molecule has 1 amide bonds. The first-order valence-corrected chi connectivity index (χ1v) is 9.49. The second-order valence-electron chi connectivity index (χ2n) is 7.43. The molecule has 0 radical (unpaired) electrons. The van der Waals surface area contributed by atoms with Gasteiger partial charge < -0.3 is 5.32 Å². The van der Waals surface area contributed by atoms with Gasteiger partial charge in [0.1, 0.15) is 5.82 Å². The fourth-order valence-corrected chi connectivity index (χ4v) is 4.07. The lowest BCUT2D eigenvalue weighted by atomic mass is 9.64. The molecule has 2 aliphatic rings. The van der Waals surface area contributed by atoms with Gasteiger partial charge in [-0.1, -0.05) is 43.7 Å². The van der Waals surface area contributed by atoms with Crippen LogP contribution in [-0.4, -0.2) is 20.7 Å². The molecule has 1 saturated carbocycles. The number of hydrogen-bond acceptors (Lipinski definition) is 3. The molecule has 4 rings (SSSR count). The minimum absolute atomic E-state index is 0.00213. The zero-order chi connectivity index (χ0) is 17.3. The van der Waals surface area contributed by atoms with Crippen molar-refractivity contribution in [3.8, 4) is 0 Å². The molecule has 1 aromatic carbocycles. The molecule has 132 valence electrons. The molecular weight excluding hydrogens is 312 g/mol. The predicted octanol–water partition coefficient (Wildman–Crippen LogP) is 3.20. The number of carbonyl (C=O) groups excluding carboxylic acids is 1. The summed E-state index contributed by atoms with van der Waals surface area (Å²) in [5.74, 6) is 2.01. The summed E-state index contributed by atoms with van der Waals surface area (Å²) in [7, 11) is 0. The first-order chi connectivity index (χ1) is 12.2. The van der Waals surface area contributed by atoms with E-state index in [-0.39, 0.29) is 17.4 Å². The third-order valence-corrected chi connectivity index (χ3v) is 5.72. The summed E-state index contributed by atoms with van der Waals surface area (Å²) in [6.07, 6.45) is 6.75. The first-order valence-electron chi connectivity index (χ1n) is 9.49. The number of fused-ring (bicyclic) bond motifs is 1. The van der Waals surface area contributed by atoms with Crippen molar-refractivity contribution in [1.29, 1.82) is 0 Å². The molecule has 5 nitrogen and oxygen atoms in total. The first kappa shape index (κ1) is 16.3. The van der Waals surface area contributed by atoms with Crippen LogP contribution in [0.1, 0.15) is 62.3 Å². The van der Waals surface area contributed by atoms with Gasteiger partial charge in [0, 0.05) is 13.0 Å². The SMILES string of the molecule is CCc1nc2n(n1)CCC[C@@H]2NC(=O)C1(Cc2ccccc2)CCC1. The average Bonchev–Trinajstić information content (AvgIpc) is 3.03. The van der Waals surface area contributed by atoms with E-state index < -0.39 is 0 Å². The predicted molar refractivity (Wildman–Crippen MR) is 95.9 cm³/mol. The van der Waals surface area contributed by atoms with Crippen LogP contribution in [-0.2, 0) is 24.2 Å². The Hall–Kier alpha value is -2.17. The van der Waals surface area contributed by atoms with Crippen molar-refractivity contribution in [1.82, 2.24) is 20.1 Å². The lowest BCUT2D eigenvalue weighted by Gasteiger charge is -2.41. The van der Waals surface area contributed by atoms with E-state index in [2.05, 4.69) is 46.6 Å². The second-order valence-corrected chi connectivity index (χ2v) is 7.43. The van der Waals surface area contributed by atoms with Crippen LogP contribution in [0.25, 0.3) is 0 Å². The number of rotatable bonds is 5. The molecule has 1 N–H and O–H groups in total. The zero-order valence-electron chi connectivity index (χ0n) is 14.9. The van der Waals surface area contributed by atoms with E-state index in [1.165, 1.54) is 5.56 Å². The number of aromatic nitrogens is 3. The van der Waals surface area contributed by atoms with Crippen molar-refractivity contribution in [3.63, 3.8) is 0 Å². The highest BCUT2D eigenvalue weighted by molar-refractivity contribution is 5.84. The summed E-state index contributed by atoms with van der Waals surface area (Å²) in [6, 6.07) is 10.4. The molecule has 25 heavy (non-hydrogen) atoms. The van der Waals surface area contributed by atoms with Crippen molar-refractivity contribution < 1.29 is 4.79 Å². The molecule has 1 atom stereocenters. The van der Waals surface area contributed by atoms with Gasteiger partial charge >= 0.3 is 0 Å². The van der Waals surface area contributed by atoms with Crippen LogP contribution < -0.4 is 5.32 Å². The Morgan fingerprint density at radius 3 is 2.76 bits per heavy atom. The summed E-state index contributed by atoms with van der Waals surface area (Å²) >= 11 is 0. The Morgan fingerprint density at radius 1 is 1.28 bits per heavy atom. The topological polar surface area (TPSA) is 59.8 Å². The average molecular weight is 338 g/mol. The maximum atomic E-state index is 13.1. The van der Waals surface area contributed by atoms with Crippen LogP contribution in [0.5, 0.6) is 0 Å². The zero-order valence-corrected chi connectivity index (χ0v) is 14.9. The molecule has 2 aromatic rings. The number of hydrogen-bond donors (Lipinski definition) is 1. The third kappa shape index (κ3) is 3.08. The molecule has 5 heteroatoms. The van der Waals surface area contributed by atoms with E-state index >= 15 is 0 Å². The lowest BCUT2D eigenvalue weighted by molar-refractivity contribution is -0.137. The molecule has 0 spiro atoms. The van der Waals surface area contributed by atoms with Crippen molar-refractivity contribution in [2.45, 2.75) is 64.5 Å². The van der Waals surface area contributed by atoms with Gasteiger partial charge in [0.05, 0.1) is 11.5 Å². The molecule has 1 aliphatic carbocycles. The fraction of sp³-hybridized carbons (Fsp3) is 0.550. The Balaban J connectivity index is 1.51. The summed E-state index contributed by atoms with van der Waals surface area (Å²) in [6.45, 7) is 2.97. The number of carbonyl (C=O) groups is 1. The molecular formula is C20H26N4O. The Bertz CT molecular complexity index is 748. The Morgan fingerprint density at radius 2 is 2.08 bits per heavy atom. The van der Waals surface area contributed by atoms with E-state index in [0.717, 1.165) is 63.1 Å². The number of benzene rings is 1. The smallest absolute Gasteiger partial charge is 0.227 e. The van der Waals surface area contributed by atoms with E-state index in [9.17, 15) is 4.79 Å². The highest BCUT2D eigenvalue weighted by Crippen LogP contribution is 2.44.